The van der Waals surface area contributed by atoms with Gasteiger partial charge in [-0.25, -0.2) is 24.3 Å². The topological polar surface area (TPSA) is 106 Å². The van der Waals surface area contributed by atoms with Gasteiger partial charge in [-0.3, -0.25) is 9.78 Å². The fourth-order valence-electron chi connectivity index (χ4n) is 2.31. The van der Waals surface area contributed by atoms with Crippen LogP contribution in [0.15, 0.2) is 71.9 Å². The van der Waals surface area contributed by atoms with Gasteiger partial charge in [0, 0.05) is 11.8 Å². The van der Waals surface area contributed by atoms with E-state index in [1.54, 1.807) is 36.4 Å². The first-order valence-corrected chi connectivity index (χ1v) is 9.52. The van der Waals surface area contributed by atoms with E-state index < -0.39 is 15.7 Å². The summed E-state index contributed by atoms with van der Waals surface area (Å²) in [5.41, 5.74) is 1.70. The van der Waals surface area contributed by atoms with Crippen molar-refractivity contribution in [1.29, 1.82) is 0 Å². The van der Waals surface area contributed by atoms with Gasteiger partial charge in [0.15, 0.2) is 9.84 Å². The minimum Gasteiger partial charge on any atom is -0.265 e. The number of nitrogens with two attached hydrogens (primary N) is 1. The van der Waals surface area contributed by atoms with Crippen molar-refractivity contribution in [3.63, 3.8) is 0 Å². The lowest BCUT2D eigenvalue weighted by atomic mass is 10.1. The molecule has 1 aromatic heterocycles. The Balaban J connectivity index is 1.90. The number of hydrazine groups is 1. The van der Waals surface area contributed by atoms with E-state index in [9.17, 15) is 13.2 Å². The Morgan fingerprint density at radius 3 is 2.27 bits per heavy atom. The summed E-state index contributed by atoms with van der Waals surface area (Å²) >= 11 is 0. The SMILES string of the molecule is CS(=O)(=O)c1ccc(-c2cncc(C(=O)N(N)c3ccccc3)n2)cc1. The number of rotatable bonds is 4. The standard InChI is InChI=1S/C18H16N4O3S/c1-26(24,25)15-9-7-13(8-10-15)16-11-20-12-17(21-16)18(23)22(19)14-5-3-2-4-6-14/h2-12H,19H2,1H3. The van der Waals surface area contributed by atoms with Crippen molar-refractivity contribution in [3.8, 4) is 11.3 Å². The number of benzene rings is 2. The quantitative estimate of drug-likeness (QED) is 0.429. The van der Waals surface area contributed by atoms with Gasteiger partial charge in [0.1, 0.15) is 5.69 Å². The molecule has 7 nitrogen and oxygen atoms in total. The van der Waals surface area contributed by atoms with Crippen LogP contribution in [0.4, 0.5) is 5.69 Å². The largest absolute Gasteiger partial charge is 0.292 e. The fraction of sp³-hybridized carbons (Fsp3) is 0.0556. The maximum atomic E-state index is 12.5. The van der Waals surface area contributed by atoms with Gasteiger partial charge in [-0.2, -0.15) is 0 Å². The third kappa shape index (κ3) is 3.76. The Morgan fingerprint density at radius 2 is 1.65 bits per heavy atom. The number of hydrogen-bond acceptors (Lipinski definition) is 6. The highest BCUT2D eigenvalue weighted by Gasteiger charge is 2.17. The predicted octanol–water partition coefficient (Wildman–Crippen LogP) is 2.07. The van der Waals surface area contributed by atoms with E-state index in [4.69, 9.17) is 5.84 Å². The zero-order chi connectivity index (χ0) is 18.7. The summed E-state index contributed by atoms with van der Waals surface area (Å²) in [7, 11) is -3.28. The lowest BCUT2D eigenvalue weighted by Gasteiger charge is -2.16. The summed E-state index contributed by atoms with van der Waals surface area (Å²) in [6, 6.07) is 15.0. The van der Waals surface area contributed by atoms with Crippen LogP contribution >= 0.6 is 0 Å². The van der Waals surface area contributed by atoms with Crippen LogP contribution in [0, 0.1) is 0 Å². The van der Waals surface area contributed by atoms with Crippen LogP contribution in [0.3, 0.4) is 0 Å². The van der Waals surface area contributed by atoms with Crippen molar-refractivity contribution in [2.45, 2.75) is 4.90 Å². The lowest BCUT2D eigenvalue weighted by Crippen LogP contribution is -2.38. The van der Waals surface area contributed by atoms with Gasteiger partial charge in [0.2, 0.25) is 0 Å². The van der Waals surface area contributed by atoms with Gasteiger partial charge in [-0.1, -0.05) is 30.3 Å². The molecule has 0 aliphatic heterocycles. The van der Waals surface area contributed by atoms with Crippen LogP contribution in [-0.4, -0.2) is 30.5 Å². The van der Waals surface area contributed by atoms with Gasteiger partial charge in [0.25, 0.3) is 5.91 Å². The van der Waals surface area contributed by atoms with Crippen molar-refractivity contribution in [2.24, 2.45) is 5.84 Å². The van der Waals surface area contributed by atoms with E-state index in [0.29, 0.717) is 16.9 Å². The molecule has 0 atom stereocenters. The number of amides is 1. The predicted molar refractivity (Wildman–Crippen MR) is 98.0 cm³/mol. The second kappa shape index (κ2) is 7.03. The molecule has 0 radical (unpaired) electrons. The molecule has 2 aromatic carbocycles. The number of carbonyl (C=O) groups excluding carboxylic acids is 1. The van der Waals surface area contributed by atoms with Crippen LogP contribution < -0.4 is 10.9 Å². The molecular formula is C18H16N4O3S. The molecule has 8 heteroatoms. The Bertz CT molecular complexity index is 1040. The van der Waals surface area contributed by atoms with Crippen molar-refractivity contribution in [1.82, 2.24) is 9.97 Å². The zero-order valence-electron chi connectivity index (χ0n) is 13.9. The maximum Gasteiger partial charge on any atom is 0.292 e. The average Bonchev–Trinajstić information content (AvgIpc) is 2.67. The van der Waals surface area contributed by atoms with Crippen LogP contribution in [0.2, 0.25) is 0 Å². The summed E-state index contributed by atoms with van der Waals surface area (Å²) in [6.07, 6.45) is 3.97. The highest BCUT2D eigenvalue weighted by Crippen LogP contribution is 2.20. The second-order valence-corrected chi connectivity index (χ2v) is 7.61. The average molecular weight is 368 g/mol. The molecule has 2 N–H and O–H groups in total. The van der Waals surface area contributed by atoms with E-state index in [1.807, 2.05) is 6.07 Å². The highest BCUT2D eigenvalue weighted by molar-refractivity contribution is 7.90. The van der Waals surface area contributed by atoms with Gasteiger partial charge < -0.3 is 0 Å². The zero-order valence-corrected chi connectivity index (χ0v) is 14.7. The maximum absolute atomic E-state index is 12.5. The third-order valence-electron chi connectivity index (χ3n) is 3.69. The van der Waals surface area contributed by atoms with E-state index in [-0.39, 0.29) is 10.6 Å². The fourth-order valence-corrected chi connectivity index (χ4v) is 2.94. The molecule has 132 valence electrons. The molecule has 0 unspecified atom stereocenters. The smallest absolute Gasteiger partial charge is 0.265 e. The minimum absolute atomic E-state index is 0.0843. The summed E-state index contributed by atoms with van der Waals surface area (Å²) in [4.78, 5) is 21.1. The number of sulfone groups is 1. The molecule has 1 amide bonds. The Hall–Kier alpha value is -3.10. The van der Waals surface area contributed by atoms with Crippen LogP contribution in [0.25, 0.3) is 11.3 Å². The van der Waals surface area contributed by atoms with E-state index in [2.05, 4.69) is 9.97 Å². The van der Waals surface area contributed by atoms with E-state index >= 15 is 0 Å². The summed E-state index contributed by atoms with van der Waals surface area (Å²) in [6.45, 7) is 0. The monoisotopic (exact) mass is 368 g/mol. The number of carbonyl (C=O) groups is 1. The highest BCUT2D eigenvalue weighted by atomic mass is 32.2. The van der Waals surface area contributed by atoms with Gasteiger partial charge in [-0.15, -0.1) is 0 Å². The number of nitrogens with zero attached hydrogens (tertiary/aromatic N) is 3. The molecule has 0 aliphatic rings. The molecule has 26 heavy (non-hydrogen) atoms. The number of anilines is 1. The van der Waals surface area contributed by atoms with Gasteiger partial charge in [0.05, 0.1) is 28.7 Å². The normalized spacial score (nSPS) is 11.2. The molecule has 0 bridgehead atoms. The lowest BCUT2D eigenvalue weighted by molar-refractivity contribution is 0.0982. The first kappa shape index (κ1) is 17.7. The van der Waals surface area contributed by atoms with Crippen molar-refractivity contribution in [2.75, 3.05) is 11.3 Å². The molecule has 0 saturated carbocycles. The Morgan fingerprint density at radius 1 is 1.00 bits per heavy atom. The minimum atomic E-state index is -3.28. The van der Waals surface area contributed by atoms with Crippen molar-refractivity contribution in [3.05, 3.63) is 72.7 Å². The second-order valence-electron chi connectivity index (χ2n) is 5.60. The summed E-state index contributed by atoms with van der Waals surface area (Å²) in [5, 5.41) is 1.00. The molecule has 0 spiro atoms. The number of hydrogen-bond donors (Lipinski definition) is 1. The van der Waals surface area contributed by atoms with E-state index in [1.165, 1.54) is 24.5 Å². The molecular weight excluding hydrogens is 352 g/mol. The Kier molecular flexibility index (Phi) is 4.79. The molecule has 0 fully saturated rings. The molecule has 0 aliphatic carbocycles. The molecule has 0 saturated heterocycles. The first-order valence-electron chi connectivity index (χ1n) is 7.63. The van der Waals surface area contributed by atoms with Gasteiger partial charge >= 0.3 is 0 Å². The first-order chi connectivity index (χ1) is 12.4. The number of para-hydroxylation sites is 1. The third-order valence-corrected chi connectivity index (χ3v) is 4.81. The van der Waals surface area contributed by atoms with Crippen molar-refractivity contribution >= 4 is 21.4 Å². The summed E-state index contributed by atoms with van der Waals surface area (Å²) < 4.78 is 23.1. The number of aromatic nitrogens is 2. The van der Waals surface area contributed by atoms with E-state index in [0.717, 1.165) is 11.3 Å². The van der Waals surface area contributed by atoms with Crippen LogP contribution in [0.5, 0.6) is 0 Å². The molecule has 1 heterocycles. The van der Waals surface area contributed by atoms with Crippen LogP contribution in [-0.2, 0) is 9.84 Å². The van der Waals surface area contributed by atoms with Crippen molar-refractivity contribution < 1.29 is 13.2 Å². The van der Waals surface area contributed by atoms with Gasteiger partial charge in [-0.05, 0) is 24.3 Å². The molecule has 3 rings (SSSR count). The molecule has 3 aromatic rings. The van der Waals surface area contributed by atoms with Crippen LogP contribution in [0.1, 0.15) is 10.5 Å². The summed E-state index contributed by atoms with van der Waals surface area (Å²) in [5.74, 6) is 5.37. The Labute approximate surface area is 151 Å².